The van der Waals surface area contributed by atoms with E-state index in [2.05, 4.69) is 28.9 Å². The van der Waals surface area contributed by atoms with Crippen LogP contribution >= 0.6 is 0 Å². The van der Waals surface area contributed by atoms with Crippen LogP contribution in [0.3, 0.4) is 0 Å². The van der Waals surface area contributed by atoms with Crippen LogP contribution in [0, 0.1) is 11.3 Å². The summed E-state index contributed by atoms with van der Waals surface area (Å²) in [6.07, 6.45) is 8.67. The molecule has 2 saturated heterocycles. The van der Waals surface area contributed by atoms with Gasteiger partial charge in [-0.3, -0.25) is 4.79 Å². The molecule has 1 aromatic rings. The average molecular weight is 378 g/mol. The number of hydrogen-bond donors (Lipinski definition) is 1. The summed E-state index contributed by atoms with van der Waals surface area (Å²) < 4.78 is 1.99. The molecule has 7 heteroatoms. The second-order valence-electron chi connectivity index (χ2n) is 8.85. The molecule has 152 valence electrons. The zero-order valence-corrected chi connectivity index (χ0v) is 16.9. The largest absolute Gasteiger partial charge is 0.392 e. The summed E-state index contributed by atoms with van der Waals surface area (Å²) in [6.45, 7) is 9.51. The Morgan fingerprint density at radius 1 is 1.22 bits per heavy atom. The highest BCUT2D eigenvalue weighted by atomic mass is 16.3. The third-order valence-corrected chi connectivity index (χ3v) is 6.24. The maximum atomic E-state index is 12.7. The van der Waals surface area contributed by atoms with Gasteiger partial charge in [0.05, 0.1) is 6.10 Å². The van der Waals surface area contributed by atoms with Gasteiger partial charge < -0.3 is 19.5 Å². The van der Waals surface area contributed by atoms with Crippen LogP contribution in [0.2, 0.25) is 0 Å². The number of aliphatic hydroxyl groups excluding tert-OH is 1. The zero-order chi connectivity index (χ0) is 19.3. The lowest BCUT2D eigenvalue weighted by Crippen LogP contribution is -2.60. The molecule has 1 N–H and O–H groups in total. The molecule has 2 aliphatic rings. The summed E-state index contributed by atoms with van der Waals surface area (Å²) in [5.41, 5.74) is -0.169. The lowest BCUT2D eigenvalue weighted by molar-refractivity contribution is -0.141. The molecule has 1 amide bonds. The Morgan fingerprint density at radius 2 is 2.00 bits per heavy atom. The van der Waals surface area contributed by atoms with Crippen LogP contribution in [0.1, 0.15) is 52.4 Å². The summed E-state index contributed by atoms with van der Waals surface area (Å²) in [4.78, 5) is 17.1. The molecule has 0 radical (unpaired) electrons. The summed E-state index contributed by atoms with van der Waals surface area (Å²) in [5.74, 6) is 0.911. The Labute approximate surface area is 162 Å². The number of likely N-dealkylation sites (tertiary alicyclic amines) is 2. The average Bonchev–Trinajstić information content (AvgIpc) is 3.16. The number of amides is 1. The van der Waals surface area contributed by atoms with Gasteiger partial charge in [-0.15, -0.1) is 10.2 Å². The Hall–Kier alpha value is -1.47. The molecule has 0 aromatic carbocycles. The van der Waals surface area contributed by atoms with Crippen LogP contribution in [0.15, 0.2) is 12.7 Å². The summed E-state index contributed by atoms with van der Waals surface area (Å²) in [7, 11) is 0. The van der Waals surface area contributed by atoms with Crippen molar-refractivity contribution in [1.82, 2.24) is 24.6 Å². The Morgan fingerprint density at radius 3 is 2.74 bits per heavy atom. The van der Waals surface area contributed by atoms with Gasteiger partial charge in [0, 0.05) is 51.1 Å². The highest BCUT2D eigenvalue weighted by Crippen LogP contribution is 2.39. The van der Waals surface area contributed by atoms with Crippen LogP contribution in [0.25, 0.3) is 0 Å². The van der Waals surface area contributed by atoms with Gasteiger partial charge >= 0.3 is 0 Å². The van der Waals surface area contributed by atoms with Crippen molar-refractivity contribution in [2.45, 2.75) is 65.0 Å². The Kier molecular flexibility index (Phi) is 6.87. The highest BCUT2D eigenvalue weighted by molar-refractivity contribution is 5.76. The third-order valence-electron chi connectivity index (χ3n) is 6.24. The number of rotatable bonds is 7. The first-order valence-corrected chi connectivity index (χ1v) is 10.5. The maximum absolute atomic E-state index is 12.7. The molecule has 1 spiro atoms. The SMILES string of the molecule is CC(C)CCCC(=O)N1CCC[C@@]2(CN(CCn3cnnc3)CC[C@H]2O)C1. The standard InChI is InChI=1S/C20H35N5O2/c1-17(2)5-3-6-19(27)25-9-4-8-20(14-25)13-23(10-7-18(20)26)11-12-24-15-21-22-16-24/h15-18,26H,3-14H2,1-2H3/t18-,20-/m1/s1. The molecule has 7 nitrogen and oxygen atoms in total. The van der Waals surface area contributed by atoms with Gasteiger partial charge in [0.2, 0.25) is 5.91 Å². The number of hydrogen-bond acceptors (Lipinski definition) is 5. The van der Waals surface area contributed by atoms with Crippen molar-refractivity contribution in [3.8, 4) is 0 Å². The molecule has 0 bridgehead atoms. The second-order valence-corrected chi connectivity index (χ2v) is 8.85. The van der Waals surface area contributed by atoms with Crippen LogP contribution in [0.4, 0.5) is 0 Å². The normalized spacial score (nSPS) is 26.8. The molecule has 2 aliphatic heterocycles. The van der Waals surface area contributed by atoms with Crippen LogP contribution in [0.5, 0.6) is 0 Å². The Balaban J connectivity index is 1.56. The smallest absolute Gasteiger partial charge is 0.222 e. The fraction of sp³-hybridized carbons (Fsp3) is 0.850. The first-order chi connectivity index (χ1) is 13.0. The van der Waals surface area contributed by atoms with E-state index in [1.807, 2.05) is 9.47 Å². The monoisotopic (exact) mass is 377 g/mol. The molecular formula is C20H35N5O2. The van der Waals surface area contributed by atoms with Crippen LogP contribution in [-0.4, -0.2) is 74.4 Å². The molecule has 0 unspecified atom stereocenters. The number of piperidine rings is 2. The van der Waals surface area contributed by atoms with E-state index in [1.54, 1.807) is 12.7 Å². The lowest BCUT2D eigenvalue weighted by atomic mass is 9.71. The van der Waals surface area contributed by atoms with Gasteiger partial charge in [0.25, 0.3) is 0 Å². The highest BCUT2D eigenvalue weighted by Gasteiger charge is 2.46. The van der Waals surface area contributed by atoms with Gasteiger partial charge in [-0.25, -0.2) is 0 Å². The minimum atomic E-state index is -0.310. The number of carbonyl (C=O) groups is 1. The van der Waals surface area contributed by atoms with Gasteiger partial charge in [-0.1, -0.05) is 20.3 Å². The van der Waals surface area contributed by atoms with Gasteiger partial charge in [0.15, 0.2) is 0 Å². The van der Waals surface area contributed by atoms with Crippen LogP contribution in [-0.2, 0) is 11.3 Å². The molecule has 0 aliphatic carbocycles. The predicted octanol–water partition coefficient (Wildman–Crippen LogP) is 1.78. The number of aliphatic hydroxyl groups is 1. The molecule has 27 heavy (non-hydrogen) atoms. The van der Waals surface area contributed by atoms with E-state index < -0.39 is 0 Å². The predicted molar refractivity (Wildman–Crippen MR) is 104 cm³/mol. The molecule has 3 rings (SSSR count). The van der Waals surface area contributed by atoms with Crippen molar-refractivity contribution in [3.05, 3.63) is 12.7 Å². The van der Waals surface area contributed by atoms with Crippen LogP contribution < -0.4 is 0 Å². The summed E-state index contributed by atoms with van der Waals surface area (Å²) in [6, 6.07) is 0. The fourth-order valence-corrected chi connectivity index (χ4v) is 4.62. The Bertz CT molecular complexity index is 591. The number of nitrogens with zero attached hydrogens (tertiary/aromatic N) is 5. The maximum Gasteiger partial charge on any atom is 0.222 e. The van der Waals surface area contributed by atoms with E-state index in [4.69, 9.17) is 0 Å². The van der Waals surface area contributed by atoms with Gasteiger partial charge in [0.1, 0.15) is 12.7 Å². The summed E-state index contributed by atoms with van der Waals surface area (Å²) >= 11 is 0. The van der Waals surface area contributed by atoms with E-state index >= 15 is 0 Å². The van der Waals surface area contributed by atoms with E-state index in [-0.39, 0.29) is 17.4 Å². The first kappa shape index (κ1) is 20.3. The van der Waals surface area contributed by atoms with E-state index in [0.29, 0.717) is 18.9 Å². The van der Waals surface area contributed by atoms with Crippen molar-refractivity contribution >= 4 is 5.91 Å². The molecule has 0 saturated carbocycles. The summed E-state index contributed by atoms with van der Waals surface area (Å²) in [5, 5.41) is 18.5. The third kappa shape index (κ3) is 5.29. The van der Waals surface area contributed by atoms with E-state index in [0.717, 1.165) is 64.8 Å². The molecule has 1 aromatic heterocycles. The van der Waals surface area contributed by atoms with Crippen molar-refractivity contribution in [3.63, 3.8) is 0 Å². The van der Waals surface area contributed by atoms with Crippen molar-refractivity contribution in [2.24, 2.45) is 11.3 Å². The van der Waals surface area contributed by atoms with Crippen molar-refractivity contribution < 1.29 is 9.90 Å². The minimum Gasteiger partial charge on any atom is -0.392 e. The topological polar surface area (TPSA) is 74.5 Å². The van der Waals surface area contributed by atoms with Crippen molar-refractivity contribution in [1.29, 1.82) is 0 Å². The second kappa shape index (κ2) is 9.15. The lowest BCUT2D eigenvalue weighted by Gasteiger charge is -2.51. The minimum absolute atomic E-state index is 0.169. The molecule has 2 fully saturated rings. The quantitative estimate of drug-likeness (QED) is 0.784. The molecule has 2 atom stereocenters. The van der Waals surface area contributed by atoms with E-state index in [1.165, 1.54) is 0 Å². The molecule has 3 heterocycles. The fourth-order valence-electron chi connectivity index (χ4n) is 4.62. The van der Waals surface area contributed by atoms with E-state index in [9.17, 15) is 9.90 Å². The number of aromatic nitrogens is 3. The van der Waals surface area contributed by atoms with Gasteiger partial charge in [-0.05, 0) is 31.6 Å². The number of carbonyl (C=O) groups excluding carboxylic acids is 1. The first-order valence-electron chi connectivity index (χ1n) is 10.5. The van der Waals surface area contributed by atoms with Crippen molar-refractivity contribution in [2.75, 3.05) is 32.7 Å². The van der Waals surface area contributed by atoms with Gasteiger partial charge in [-0.2, -0.15) is 0 Å². The molecular weight excluding hydrogens is 342 g/mol. The zero-order valence-electron chi connectivity index (χ0n) is 16.9.